The summed E-state index contributed by atoms with van der Waals surface area (Å²) in [5, 5.41) is 0.983. The third kappa shape index (κ3) is 2.67. The van der Waals surface area contributed by atoms with Crippen molar-refractivity contribution < 1.29 is 4.74 Å². The van der Waals surface area contributed by atoms with E-state index in [1.54, 1.807) is 6.20 Å². The Balaban J connectivity index is 2.28. The minimum absolute atomic E-state index is 0.604. The van der Waals surface area contributed by atoms with E-state index in [1.165, 1.54) is 0 Å². The number of benzene rings is 1. The van der Waals surface area contributed by atoms with E-state index in [4.69, 9.17) is 10.5 Å². The van der Waals surface area contributed by atoms with Gasteiger partial charge in [0, 0.05) is 5.39 Å². The summed E-state index contributed by atoms with van der Waals surface area (Å²) in [5.41, 5.74) is 7.44. The van der Waals surface area contributed by atoms with Crippen LogP contribution in [0.2, 0.25) is 0 Å². The molecule has 1 heterocycles. The average Bonchev–Trinajstić information content (AvgIpc) is 2.32. The van der Waals surface area contributed by atoms with Gasteiger partial charge in [0.2, 0.25) is 0 Å². The lowest BCUT2D eigenvalue weighted by molar-refractivity contribution is 0.294. The Morgan fingerprint density at radius 3 is 2.82 bits per heavy atom. The largest absolute Gasteiger partial charge is 0.491 e. The molecule has 0 saturated carbocycles. The highest BCUT2D eigenvalue weighted by atomic mass is 16.5. The molecule has 1 aromatic carbocycles. The lowest BCUT2D eigenvalue weighted by Gasteiger charge is -2.12. The second-order valence-corrected chi connectivity index (χ2v) is 4.59. The molecule has 3 heteroatoms. The molecule has 0 aliphatic heterocycles. The molecule has 0 fully saturated rings. The van der Waals surface area contributed by atoms with Gasteiger partial charge in [-0.3, -0.25) is 4.98 Å². The Bertz CT molecular complexity index is 509. The van der Waals surface area contributed by atoms with E-state index in [2.05, 4.69) is 18.8 Å². The molecule has 2 aromatic rings. The lowest BCUT2D eigenvalue weighted by atomic mass is 10.1. The second kappa shape index (κ2) is 5.04. The molecule has 0 bridgehead atoms. The number of para-hydroxylation sites is 1. The fourth-order valence-electron chi connectivity index (χ4n) is 1.69. The van der Waals surface area contributed by atoms with Crippen LogP contribution in [0.15, 0.2) is 30.5 Å². The molecule has 0 aliphatic rings. The smallest absolute Gasteiger partial charge is 0.153 e. The van der Waals surface area contributed by atoms with Crippen LogP contribution in [0.5, 0.6) is 5.75 Å². The summed E-state index contributed by atoms with van der Waals surface area (Å²) in [6.45, 7) is 5.05. The molecular weight excluding hydrogens is 212 g/mol. The predicted octanol–water partition coefficient (Wildman–Crippen LogP) is 3.24. The van der Waals surface area contributed by atoms with Gasteiger partial charge in [0.1, 0.15) is 0 Å². The van der Waals surface area contributed by atoms with E-state index < -0.39 is 0 Å². The van der Waals surface area contributed by atoms with Gasteiger partial charge in [-0.05, 0) is 24.5 Å². The molecule has 0 radical (unpaired) electrons. The van der Waals surface area contributed by atoms with Gasteiger partial charge >= 0.3 is 0 Å². The fraction of sp³-hybridized carbons (Fsp3) is 0.357. The summed E-state index contributed by atoms with van der Waals surface area (Å²) in [7, 11) is 0. The maximum absolute atomic E-state index is 5.92. The van der Waals surface area contributed by atoms with Crippen molar-refractivity contribution >= 4 is 16.6 Å². The van der Waals surface area contributed by atoms with Crippen molar-refractivity contribution in [3.8, 4) is 5.75 Å². The molecular formula is C14H18N2O. The van der Waals surface area contributed by atoms with Crippen molar-refractivity contribution in [1.82, 2.24) is 4.98 Å². The molecule has 17 heavy (non-hydrogen) atoms. The molecule has 0 saturated heterocycles. The van der Waals surface area contributed by atoms with Gasteiger partial charge in [-0.25, -0.2) is 0 Å². The molecule has 90 valence electrons. The van der Waals surface area contributed by atoms with Crippen LogP contribution in [0.1, 0.15) is 20.3 Å². The maximum atomic E-state index is 5.92. The first-order valence-electron chi connectivity index (χ1n) is 5.94. The molecule has 0 unspecified atom stereocenters. The number of nitrogens with two attached hydrogens (primary N) is 1. The Hall–Kier alpha value is -1.77. The van der Waals surface area contributed by atoms with Crippen molar-refractivity contribution in [2.45, 2.75) is 20.3 Å². The third-order valence-corrected chi connectivity index (χ3v) is 2.70. The summed E-state index contributed by atoms with van der Waals surface area (Å²) in [5.74, 6) is 1.39. The first-order chi connectivity index (χ1) is 8.18. The zero-order chi connectivity index (χ0) is 12.3. The van der Waals surface area contributed by atoms with E-state index in [9.17, 15) is 0 Å². The highest BCUT2D eigenvalue weighted by Gasteiger charge is 2.07. The van der Waals surface area contributed by atoms with Crippen LogP contribution in [0, 0.1) is 5.92 Å². The van der Waals surface area contributed by atoms with Crippen molar-refractivity contribution in [2.24, 2.45) is 5.92 Å². The molecule has 2 N–H and O–H groups in total. The predicted molar refractivity (Wildman–Crippen MR) is 71.1 cm³/mol. The van der Waals surface area contributed by atoms with Crippen molar-refractivity contribution in [3.63, 3.8) is 0 Å². The normalized spacial score (nSPS) is 11.0. The number of rotatable bonds is 4. The van der Waals surface area contributed by atoms with Gasteiger partial charge < -0.3 is 10.5 Å². The van der Waals surface area contributed by atoms with Crippen LogP contribution < -0.4 is 10.5 Å². The van der Waals surface area contributed by atoms with Crippen LogP contribution in [0.4, 0.5) is 5.69 Å². The number of anilines is 1. The Morgan fingerprint density at radius 1 is 1.29 bits per heavy atom. The van der Waals surface area contributed by atoms with E-state index in [0.29, 0.717) is 18.2 Å². The lowest BCUT2D eigenvalue weighted by Crippen LogP contribution is -2.04. The number of fused-ring (bicyclic) bond motifs is 1. The SMILES string of the molecule is CC(C)CCOc1c(N)cnc2ccccc12. The van der Waals surface area contributed by atoms with Crippen LogP contribution in [0.25, 0.3) is 10.9 Å². The fourth-order valence-corrected chi connectivity index (χ4v) is 1.69. The van der Waals surface area contributed by atoms with Crippen LogP contribution in [0.3, 0.4) is 0 Å². The van der Waals surface area contributed by atoms with Gasteiger partial charge in [0.15, 0.2) is 5.75 Å². The summed E-state index contributed by atoms with van der Waals surface area (Å²) in [6, 6.07) is 7.88. The molecule has 0 spiro atoms. The zero-order valence-electron chi connectivity index (χ0n) is 10.3. The molecule has 1 aromatic heterocycles. The average molecular weight is 230 g/mol. The Kier molecular flexibility index (Phi) is 3.47. The second-order valence-electron chi connectivity index (χ2n) is 4.59. The van der Waals surface area contributed by atoms with E-state index in [0.717, 1.165) is 23.1 Å². The van der Waals surface area contributed by atoms with E-state index >= 15 is 0 Å². The van der Waals surface area contributed by atoms with Gasteiger partial charge in [-0.2, -0.15) is 0 Å². The summed E-state index contributed by atoms with van der Waals surface area (Å²) in [6.07, 6.45) is 2.68. The third-order valence-electron chi connectivity index (χ3n) is 2.70. The monoisotopic (exact) mass is 230 g/mol. The molecule has 2 rings (SSSR count). The zero-order valence-corrected chi connectivity index (χ0v) is 10.3. The number of pyridine rings is 1. The number of hydrogen-bond acceptors (Lipinski definition) is 3. The summed E-state index contributed by atoms with van der Waals surface area (Å²) >= 11 is 0. The highest BCUT2D eigenvalue weighted by Crippen LogP contribution is 2.30. The first-order valence-corrected chi connectivity index (χ1v) is 5.94. The molecule has 0 amide bonds. The number of hydrogen-bond donors (Lipinski definition) is 1. The van der Waals surface area contributed by atoms with Crippen LogP contribution in [-0.2, 0) is 0 Å². The quantitative estimate of drug-likeness (QED) is 0.877. The summed E-state index contributed by atoms with van der Waals surface area (Å²) in [4.78, 5) is 4.28. The number of aromatic nitrogens is 1. The summed E-state index contributed by atoms with van der Waals surface area (Å²) < 4.78 is 5.80. The standard InChI is InChI=1S/C14H18N2O/c1-10(2)7-8-17-14-11-5-3-4-6-13(11)16-9-12(14)15/h3-6,9-10H,7-8,15H2,1-2H3. The van der Waals surface area contributed by atoms with Gasteiger partial charge in [0.05, 0.1) is 24.0 Å². The number of nitrogen functional groups attached to an aromatic ring is 1. The first kappa shape index (κ1) is 11.7. The van der Waals surface area contributed by atoms with E-state index in [-0.39, 0.29) is 0 Å². The number of nitrogens with zero attached hydrogens (tertiary/aromatic N) is 1. The van der Waals surface area contributed by atoms with E-state index in [1.807, 2.05) is 24.3 Å². The molecule has 3 nitrogen and oxygen atoms in total. The van der Waals surface area contributed by atoms with Gasteiger partial charge in [-0.15, -0.1) is 0 Å². The topological polar surface area (TPSA) is 48.1 Å². The van der Waals surface area contributed by atoms with Gasteiger partial charge in [0.25, 0.3) is 0 Å². The van der Waals surface area contributed by atoms with Crippen molar-refractivity contribution in [1.29, 1.82) is 0 Å². The number of ether oxygens (including phenoxy) is 1. The Morgan fingerprint density at radius 2 is 2.06 bits per heavy atom. The highest BCUT2D eigenvalue weighted by molar-refractivity contribution is 5.89. The maximum Gasteiger partial charge on any atom is 0.153 e. The van der Waals surface area contributed by atoms with Gasteiger partial charge in [-0.1, -0.05) is 26.0 Å². The molecule has 0 atom stereocenters. The van der Waals surface area contributed by atoms with Crippen molar-refractivity contribution in [3.05, 3.63) is 30.5 Å². The minimum atomic E-state index is 0.604. The van der Waals surface area contributed by atoms with Crippen LogP contribution in [-0.4, -0.2) is 11.6 Å². The van der Waals surface area contributed by atoms with Crippen LogP contribution >= 0.6 is 0 Å². The molecule has 0 aliphatic carbocycles. The van der Waals surface area contributed by atoms with Crippen molar-refractivity contribution in [2.75, 3.05) is 12.3 Å². The minimum Gasteiger partial charge on any atom is -0.491 e. The Labute approximate surface area is 102 Å².